The van der Waals surface area contributed by atoms with Gasteiger partial charge in [0, 0.05) is 13.1 Å². The number of pyridine rings is 1. The average Bonchev–Trinajstić information content (AvgIpc) is 2.90. The molecule has 5 N–H and O–H groups in total. The number of hydrogen-bond donors (Lipinski definition) is 3. The van der Waals surface area contributed by atoms with Gasteiger partial charge in [0.1, 0.15) is 5.82 Å². The molecule has 1 fully saturated rings. The maximum Gasteiger partial charge on any atom is 0.252 e. The smallest absolute Gasteiger partial charge is 0.252 e. The molecular weight excluding hydrogens is 246 g/mol. The summed E-state index contributed by atoms with van der Waals surface area (Å²) in [6.07, 6.45) is 3.49. The molecule has 0 atom stereocenters. The SMILES string of the molecule is NC(=O)c1cc(N)cnc1NCC(=O)N1CCCC1. The Morgan fingerprint density at radius 1 is 1.37 bits per heavy atom. The van der Waals surface area contributed by atoms with Crippen LogP contribution in [0.2, 0.25) is 0 Å². The molecule has 2 amide bonds. The number of carbonyl (C=O) groups is 2. The predicted octanol–water partition coefficient (Wildman–Crippen LogP) is -0.203. The molecule has 2 heterocycles. The summed E-state index contributed by atoms with van der Waals surface area (Å²) in [5, 5.41) is 2.84. The molecular formula is C12H17N5O2. The van der Waals surface area contributed by atoms with Gasteiger partial charge in [-0.2, -0.15) is 0 Å². The lowest BCUT2D eigenvalue weighted by Crippen LogP contribution is -2.33. The van der Waals surface area contributed by atoms with Crippen molar-refractivity contribution < 1.29 is 9.59 Å². The monoisotopic (exact) mass is 263 g/mol. The molecule has 1 aromatic heterocycles. The van der Waals surface area contributed by atoms with E-state index in [1.54, 1.807) is 4.90 Å². The summed E-state index contributed by atoms with van der Waals surface area (Å²) in [4.78, 5) is 28.9. The van der Waals surface area contributed by atoms with Gasteiger partial charge in [0.2, 0.25) is 5.91 Å². The standard InChI is InChI=1S/C12H17N5O2/c13-8-5-9(11(14)19)12(15-6-8)16-7-10(18)17-3-1-2-4-17/h5-6H,1-4,7,13H2,(H2,14,19)(H,15,16). The van der Waals surface area contributed by atoms with Gasteiger partial charge in [-0.3, -0.25) is 9.59 Å². The van der Waals surface area contributed by atoms with Gasteiger partial charge in [-0.15, -0.1) is 0 Å². The van der Waals surface area contributed by atoms with Crippen molar-refractivity contribution in [2.24, 2.45) is 5.73 Å². The Morgan fingerprint density at radius 2 is 2.05 bits per heavy atom. The zero-order valence-electron chi connectivity index (χ0n) is 10.6. The summed E-state index contributed by atoms with van der Waals surface area (Å²) in [6.45, 7) is 1.67. The Kier molecular flexibility index (Phi) is 3.84. The highest BCUT2D eigenvalue weighted by atomic mass is 16.2. The van der Waals surface area contributed by atoms with Crippen molar-refractivity contribution in [1.29, 1.82) is 0 Å². The highest BCUT2D eigenvalue weighted by molar-refractivity contribution is 5.98. The quantitative estimate of drug-likeness (QED) is 0.695. The maximum atomic E-state index is 11.9. The van der Waals surface area contributed by atoms with Gasteiger partial charge in [-0.1, -0.05) is 0 Å². The van der Waals surface area contributed by atoms with Crippen LogP contribution in [0.5, 0.6) is 0 Å². The molecule has 7 heteroatoms. The first-order valence-electron chi connectivity index (χ1n) is 6.15. The van der Waals surface area contributed by atoms with Crippen molar-refractivity contribution >= 4 is 23.3 Å². The van der Waals surface area contributed by atoms with Crippen LogP contribution in [-0.2, 0) is 4.79 Å². The van der Waals surface area contributed by atoms with Crippen LogP contribution in [0.15, 0.2) is 12.3 Å². The normalized spacial score (nSPS) is 14.4. The second kappa shape index (κ2) is 5.55. The maximum absolute atomic E-state index is 11.9. The van der Waals surface area contributed by atoms with E-state index in [9.17, 15) is 9.59 Å². The third-order valence-corrected chi connectivity index (χ3v) is 3.04. The number of nitrogens with one attached hydrogen (secondary N) is 1. The summed E-state index contributed by atoms with van der Waals surface area (Å²) in [5.74, 6) is -0.350. The Balaban J connectivity index is 2.02. The number of rotatable bonds is 4. The first-order chi connectivity index (χ1) is 9.08. The molecule has 1 aliphatic rings. The summed E-state index contributed by atoms with van der Waals surface area (Å²) in [7, 11) is 0. The minimum Gasteiger partial charge on any atom is -0.397 e. The van der Waals surface area contributed by atoms with E-state index in [1.807, 2.05) is 0 Å². The van der Waals surface area contributed by atoms with Gasteiger partial charge in [-0.05, 0) is 18.9 Å². The molecule has 0 aliphatic carbocycles. The molecule has 1 aromatic rings. The minimum atomic E-state index is -0.629. The van der Waals surface area contributed by atoms with Crippen LogP contribution >= 0.6 is 0 Å². The largest absolute Gasteiger partial charge is 0.397 e. The van der Waals surface area contributed by atoms with Crippen LogP contribution in [0.3, 0.4) is 0 Å². The van der Waals surface area contributed by atoms with Crippen LogP contribution in [-0.4, -0.2) is 41.3 Å². The molecule has 0 unspecified atom stereocenters. The lowest BCUT2D eigenvalue weighted by molar-refractivity contribution is -0.128. The predicted molar refractivity (Wildman–Crippen MR) is 71.5 cm³/mol. The molecule has 102 valence electrons. The topological polar surface area (TPSA) is 114 Å². The molecule has 1 saturated heterocycles. The van der Waals surface area contributed by atoms with Crippen molar-refractivity contribution in [3.63, 3.8) is 0 Å². The van der Waals surface area contributed by atoms with E-state index in [4.69, 9.17) is 11.5 Å². The van der Waals surface area contributed by atoms with Crippen molar-refractivity contribution in [1.82, 2.24) is 9.88 Å². The molecule has 0 saturated carbocycles. The number of anilines is 2. The Morgan fingerprint density at radius 3 is 2.68 bits per heavy atom. The van der Waals surface area contributed by atoms with Crippen LogP contribution in [0.1, 0.15) is 23.2 Å². The van der Waals surface area contributed by atoms with E-state index in [0.717, 1.165) is 25.9 Å². The van der Waals surface area contributed by atoms with Gasteiger partial charge in [0.05, 0.1) is 24.0 Å². The van der Waals surface area contributed by atoms with Crippen LogP contribution < -0.4 is 16.8 Å². The number of nitrogens with two attached hydrogens (primary N) is 2. The first kappa shape index (κ1) is 13.1. The van der Waals surface area contributed by atoms with E-state index in [1.165, 1.54) is 12.3 Å². The van der Waals surface area contributed by atoms with Crippen molar-refractivity contribution in [3.8, 4) is 0 Å². The molecule has 0 spiro atoms. The van der Waals surface area contributed by atoms with Gasteiger partial charge in [-0.25, -0.2) is 4.98 Å². The third kappa shape index (κ3) is 3.12. The Bertz CT molecular complexity index is 497. The minimum absolute atomic E-state index is 0.00783. The number of aromatic nitrogens is 1. The number of hydrogen-bond acceptors (Lipinski definition) is 5. The van der Waals surface area contributed by atoms with Gasteiger partial charge in [0.25, 0.3) is 5.91 Å². The summed E-state index contributed by atoms with van der Waals surface area (Å²) in [5.41, 5.74) is 11.3. The summed E-state index contributed by atoms with van der Waals surface area (Å²) in [6, 6.07) is 1.44. The zero-order chi connectivity index (χ0) is 13.8. The Hall–Kier alpha value is -2.31. The van der Waals surface area contributed by atoms with Crippen LogP contribution in [0, 0.1) is 0 Å². The number of carbonyl (C=O) groups excluding carboxylic acids is 2. The van der Waals surface area contributed by atoms with E-state index >= 15 is 0 Å². The molecule has 2 rings (SSSR count). The number of amides is 2. The van der Waals surface area contributed by atoms with E-state index < -0.39 is 5.91 Å². The lowest BCUT2D eigenvalue weighted by atomic mass is 10.2. The Labute approximate surface area is 111 Å². The first-order valence-corrected chi connectivity index (χ1v) is 6.15. The van der Waals surface area contributed by atoms with E-state index in [0.29, 0.717) is 5.69 Å². The summed E-state index contributed by atoms with van der Waals surface area (Å²) < 4.78 is 0. The number of nitrogen functional groups attached to an aromatic ring is 1. The number of nitrogens with zero attached hydrogens (tertiary/aromatic N) is 2. The highest BCUT2D eigenvalue weighted by Crippen LogP contribution is 2.15. The summed E-state index contributed by atoms with van der Waals surface area (Å²) >= 11 is 0. The van der Waals surface area contributed by atoms with Gasteiger partial charge in [0.15, 0.2) is 0 Å². The van der Waals surface area contributed by atoms with E-state index in [2.05, 4.69) is 10.3 Å². The second-order valence-electron chi connectivity index (χ2n) is 4.47. The van der Waals surface area contributed by atoms with Gasteiger partial charge < -0.3 is 21.7 Å². The molecule has 7 nitrogen and oxygen atoms in total. The fourth-order valence-electron chi connectivity index (χ4n) is 2.05. The molecule has 0 aromatic carbocycles. The fourth-order valence-corrected chi connectivity index (χ4v) is 2.05. The second-order valence-corrected chi connectivity index (χ2v) is 4.47. The lowest BCUT2D eigenvalue weighted by Gasteiger charge is -2.16. The third-order valence-electron chi connectivity index (χ3n) is 3.04. The molecule has 0 radical (unpaired) electrons. The van der Waals surface area contributed by atoms with Crippen LogP contribution in [0.25, 0.3) is 0 Å². The van der Waals surface area contributed by atoms with Crippen LogP contribution in [0.4, 0.5) is 11.5 Å². The van der Waals surface area contributed by atoms with Gasteiger partial charge >= 0.3 is 0 Å². The molecule has 0 bridgehead atoms. The van der Waals surface area contributed by atoms with Crippen molar-refractivity contribution in [3.05, 3.63) is 17.8 Å². The zero-order valence-corrected chi connectivity index (χ0v) is 10.6. The fraction of sp³-hybridized carbons (Fsp3) is 0.417. The van der Waals surface area contributed by atoms with Crippen molar-refractivity contribution in [2.45, 2.75) is 12.8 Å². The number of primary amides is 1. The van der Waals surface area contributed by atoms with E-state index in [-0.39, 0.29) is 23.8 Å². The average molecular weight is 263 g/mol. The highest BCUT2D eigenvalue weighted by Gasteiger charge is 2.18. The molecule has 19 heavy (non-hydrogen) atoms. The number of likely N-dealkylation sites (tertiary alicyclic amines) is 1. The van der Waals surface area contributed by atoms with Crippen molar-refractivity contribution in [2.75, 3.05) is 30.7 Å². The molecule has 1 aliphatic heterocycles.